The molecule has 1 heteroatoms. The monoisotopic (exact) mass is 85.1 g/mol. The van der Waals surface area contributed by atoms with Crippen molar-refractivity contribution in [1.29, 1.82) is 0 Å². The quantitative estimate of drug-likeness (QED) is 0.461. The third-order valence-corrected chi connectivity index (χ3v) is 1.11. The van der Waals surface area contributed by atoms with Gasteiger partial charge in [0.15, 0.2) is 0 Å². The minimum atomic E-state index is 0.491. The molecule has 0 aromatic rings. The Balaban J connectivity index is 2.01. The molecule has 1 rings (SSSR count). The summed E-state index contributed by atoms with van der Waals surface area (Å²) >= 11 is 0. The summed E-state index contributed by atoms with van der Waals surface area (Å²) in [5.74, 6) is 0. The summed E-state index contributed by atoms with van der Waals surface area (Å²) in [6.07, 6.45) is 3.81. The van der Waals surface area contributed by atoms with E-state index in [9.17, 15) is 0 Å². The summed E-state index contributed by atoms with van der Waals surface area (Å²) in [6, 6.07) is 0. The van der Waals surface area contributed by atoms with E-state index in [1.54, 1.807) is 0 Å². The summed E-state index contributed by atoms with van der Waals surface area (Å²) < 4.78 is 5.02. The average Bonchev–Trinajstić information content (AvgIpc) is 1.31. The first-order valence-electron chi connectivity index (χ1n) is 2.34. The number of hydrogen-bond acceptors (Lipinski definition) is 1. The molecule has 0 N–H and O–H groups in total. The summed E-state index contributed by atoms with van der Waals surface area (Å²) in [7, 11) is 0. The lowest BCUT2D eigenvalue weighted by molar-refractivity contribution is -0.0284. The average molecular weight is 85.1 g/mol. The molecular formula is C5H9O. The summed E-state index contributed by atoms with van der Waals surface area (Å²) in [4.78, 5) is 0. The van der Waals surface area contributed by atoms with Crippen LogP contribution in [0.5, 0.6) is 0 Å². The fourth-order valence-corrected chi connectivity index (χ4v) is 0.517. The Labute approximate surface area is 38.3 Å². The summed E-state index contributed by atoms with van der Waals surface area (Å²) in [5, 5.41) is 0. The van der Waals surface area contributed by atoms with Gasteiger partial charge in [0, 0.05) is 6.61 Å². The SMILES string of the molecule is C[CH][C@@H]1CCO1. The van der Waals surface area contributed by atoms with Crippen LogP contribution in [0.4, 0.5) is 0 Å². The number of hydrogen-bond donors (Lipinski definition) is 0. The predicted octanol–water partition coefficient (Wildman–Crippen LogP) is 0.999. The normalized spacial score (nSPS) is 32.5. The largest absolute Gasteiger partial charge is 0.378 e. The van der Waals surface area contributed by atoms with E-state index in [-0.39, 0.29) is 0 Å². The Morgan fingerprint density at radius 1 is 1.83 bits per heavy atom. The van der Waals surface area contributed by atoms with Crippen LogP contribution in [0.25, 0.3) is 0 Å². The van der Waals surface area contributed by atoms with E-state index in [2.05, 4.69) is 6.42 Å². The maximum Gasteiger partial charge on any atom is 0.0626 e. The molecule has 0 aromatic carbocycles. The van der Waals surface area contributed by atoms with Crippen molar-refractivity contribution in [2.24, 2.45) is 0 Å². The van der Waals surface area contributed by atoms with Gasteiger partial charge >= 0.3 is 0 Å². The lowest BCUT2D eigenvalue weighted by atomic mass is 10.1. The molecule has 1 atom stereocenters. The minimum absolute atomic E-state index is 0.491. The van der Waals surface area contributed by atoms with Crippen molar-refractivity contribution in [1.82, 2.24) is 0 Å². The highest BCUT2D eigenvalue weighted by atomic mass is 16.5. The van der Waals surface area contributed by atoms with Gasteiger partial charge in [-0.3, -0.25) is 0 Å². The van der Waals surface area contributed by atoms with E-state index in [1.807, 2.05) is 6.92 Å². The van der Waals surface area contributed by atoms with Crippen LogP contribution < -0.4 is 0 Å². The zero-order valence-corrected chi connectivity index (χ0v) is 3.98. The van der Waals surface area contributed by atoms with Crippen molar-refractivity contribution in [2.45, 2.75) is 19.4 Å². The topological polar surface area (TPSA) is 9.23 Å². The fourth-order valence-electron chi connectivity index (χ4n) is 0.517. The highest BCUT2D eigenvalue weighted by molar-refractivity contribution is 4.77. The van der Waals surface area contributed by atoms with Crippen molar-refractivity contribution in [3.8, 4) is 0 Å². The van der Waals surface area contributed by atoms with Gasteiger partial charge in [-0.15, -0.1) is 0 Å². The molecule has 0 spiro atoms. The zero-order chi connectivity index (χ0) is 4.41. The van der Waals surface area contributed by atoms with Crippen LogP contribution in [0.2, 0.25) is 0 Å². The molecule has 35 valence electrons. The van der Waals surface area contributed by atoms with Crippen molar-refractivity contribution < 1.29 is 4.74 Å². The van der Waals surface area contributed by atoms with Gasteiger partial charge in [0.05, 0.1) is 6.10 Å². The summed E-state index contributed by atoms with van der Waals surface area (Å²) in [5.41, 5.74) is 0. The van der Waals surface area contributed by atoms with Crippen molar-refractivity contribution in [3.05, 3.63) is 6.42 Å². The Kier molecular flexibility index (Phi) is 1.10. The lowest BCUT2D eigenvalue weighted by Crippen LogP contribution is -2.25. The maximum absolute atomic E-state index is 5.02. The highest BCUT2D eigenvalue weighted by Gasteiger charge is 2.14. The molecule has 0 unspecified atom stereocenters. The first-order chi connectivity index (χ1) is 2.93. The molecule has 1 aliphatic rings. The standard InChI is InChI=1S/C5H9O/c1-2-5-3-4-6-5/h2,5H,3-4H2,1H3/t5-/m1/s1. The van der Waals surface area contributed by atoms with E-state index >= 15 is 0 Å². The van der Waals surface area contributed by atoms with E-state index < -0.39 is 0 Å². The van der Waals surface area contributed by atoms with Crippen LogP contribution in [0, 0.1) is 6.42 Å². The second-order valence-corrected chi connectivity index (χ2v) is 1.53. The minimum Gasteiger partial charge on any atom is -0.378 e. The van der Waals surface area contributed by atoms with Gasteiger partial charge in [0.25, 0.3) is 0 Å². The molecule has 0 aliphatic carbocycles. The highest BCUT2D eigenvalue weighted by Crippen LogP contribution is 2.11. The van der Waals surface area contributed by atoms with Gasteiger partial charge in [-0.25, -0.2) is 0 Å². The van der Waals surface area contributed by atoms with Crippen LogP contribution >= 0.6 is 0 Å². The van der Waals surface area contributed by atoms with Crippen LogP contribution in [-0.4, -0.2) is 12.7 Å². The molecule has 1 radical (unpaired) electrons. The van der Waals surface area contributed by atoms with Gasteiger partial charge in [0.1, 0.15) is 0 Å². The second kappa shape index (κ2) is 1.61. The Morgan fingerprint density at radius 2 is 2.50 bits per heavy atom. The van der Waals surface area contributed by atoms with Crippen LogP contribution in [0.1, 0.15) is 13.3 Å². The van der Waals surface area contributed by atoms with Crippen LogP contribution in [0.15, 0.2) is 0 Å². The van der Waals surface area contributed by atoms with Gasteiger partial charge in [0.2, 0.25) is 0 Å². The molecule has 1 fully saturated rings. The maximum atomic E-state index is 5.02. The smallest absolute Gasteiger partial charge is 0.0626 e. The van der Waals surface area contributed by atoms with E-state index in [0.29, 0.717) is 6.10 Å². The van der Waals surface area contributed by atoms with Crippen molar-refractivity contribution in [2.75, 3.05) is 6.61 Å². The Hall–Kier alpha value is -0.0400. The van der Waals surface area contributed by atoms with Gasteiger partial charge in [-0.2, -0.15) is 0 Å². The third-order valence-electron chi connectivity index (χ3n) is 1.11. The second-order valence-electron chi connectivity index (χ2n) is 1.53. The van der Waals surface area contributed by atoms with Crippen LogP contribution in [-0.2, 0) is 4.74 Å². The van der Waals surface area contributed by atoms with Gasteiger partial charge in [-0.1, -0.05) is 6.92 Å². The molecule has 0 bridgehead atoms. The van der Waals surface area contributed by atoms with Crippen LogP contribution in [0.3, 0.4) is 0 Å². The molecule has 0 saturated carbocycles. The summed E-state index contributed by atoms with van der Waals surface area (Å²) in [6.45, 7) is 3.00. The molecular weight excluding hydrogens is 76.1 g/mol. The van der Waals surface area contributed by atoms with E-state index in [4.69, 9.17) is 4.74 Å². The zero-order valence-electron chi connectivity index (χ0n) is 3.98. The predicted molar refractivity (Wildman–Crippen MR) is 24.3 cm³/mol. The molecule has 1 saturated heterocycles. The van der Waals surface area contributed by atoms with E-state index in [0.717, 1.165) is 6.61 Å². The molecule has 0 amide bonds. The molecule has 1 aliphatic heterocycles. The molecule has 6 heavy (non-hydrogen) atoms. The fraction of sp³-hybridized carbons (Fsp3) is 0.800. The van der Waals surface area contributed by atoms with Gasteiger partial charge in [-0.05, 0) is 12.8 Å². The van der Waals surface area contributed by atoms with Crippen molar-refractivity contribution in [3.63, 3.8) is 0 Å². The Bertz CT molecular complexity index is 36.4. The first kappa shape index (κ1) is 4.13. The molecule has 0 aromatic heterocycles. The Morgan fingerprint density at radius 3 is 2.50 bits per heavy atom. The van der Waals surface area contributed by atoms with Crippen molar-refractivity contribution >= 4 is 0 Å². The van der Waals surface area contributed by atoms with E-state index in [1.165, 1.54) is 6.42 Å². The molecule has 1 heterocycles. The molecule has 1 nitrogen and oxygen atoms in total. The van der Waals surface area contributed by atoms with Gasteiger partial charge < -0.3 is 4.74 Å². The third kappa shape index (κ3) is 0.548. The number of rotatable bonds is 1. The number of ether oxygens (including phenoxy) is 1. The first-order valence-corrected chi connectivity index (χ1v) is 2.34. The lowest BCUT2D eigenvalue weighted by Gasteiger charge is -2.24.